The molecule has 0 heterocycles. The average Bonchev–Trinajstić information content (AvgIpc) is 2.41. The Hall–Kier alpha value is -2.20. The van der Waals surface area contributed by atoms with Gasteiger partial charge in [0, 0.05) is 0 Å². The first-order chi connectivity index (χ1) is 11.0. The molecule has 0 aromatic heterocycles. The van der Waals surface area contributed by atoms with Crippen molar-refractivity contribution < 1.29 is 29.4 Å². The van der Waals surface area contributed by atoms with Crippen molar-refractivity contribution >= 4 is 23.7 Å². The highest BCUT2D eigenvalue weighted by Gasteiger charge is 2.31. The maximum Gasteiger partial charge on any atom is 0.326 e. The van der Waals surface area contributed by atoms with Crippen molar-refractivity contribution in [2.24, 2.45) is 17.4 Å². The second kappa shape index (κ2) is 9.83. The Labute approximate surface area is 139 Å². The number of aliphatic hydroxyl groups is 1. The minimum absolute atomic E-state index is 0.150. The molecule has 8 N–H and O–H groups in total. The van der Waals surface area contributed by atoms with E-state index in [4.69, 9.17) is 16.6 Å². The first-order valence-corrected chi connectivity index (χ1v) is 7.51. The van der Waals surface area contributed by atoms with Gasteiger partial charge in [0.25, 0.3) is 0 Å². The molecule has 0 saturated carbocycles. The van der Waals surface area contributed by atoms with E-state index in [1.165, 1.54) is 6.92 Å². The van der Waals surface area contributed by atoms with E-state index in [-0.39, 0.29) is 5.92 Å². The second-order valence-electron chi connectivity index (χ2n) is 6.03. The van der Waals surface area contributed by atoms with Gasteiger partial charge in [-0.25, -0.2) is 4.79 Å². The number of hydrogen-bond acceptors (Lipinski definition) is 6. The number of hydrogen-bond donors (Lipinski definition) is 6. The molecule has 0 aromatic carbocycles. The normalized spacial score (nSPS) is 15.9. The minimum Gasteiger partial charge on any atom is -0.480 e. The Morgan fingerprint density at radius 1 is 1.04 bits per heavy atom. The van der Waals surface area contributed by atoms with Crippen LogP contribution in [-0.2, 0) is 19.2 Å². The monoisotopic (exact) mass is 346 g/mol. The predicted octanol–water partition coefficient (Wildman–Crippen LogP) is -2.33. The number of aliphatic carboxylic acids is 1. The van der Waals surface area contributed by atoms with Crippen LogP contribution in [0.2, 0.25) is 0 Å². The van der Waals surface area contributed by atoms with E-state index >= 15 is 0 Å². The molecular formula is C14H26N4O6. The van der Waals surface area contributed by atoms with E-state index in [2.05, 4.69) is 10.6 Å². The van der Waals surface area contributed by atoms with Crippen molar-refractivity contribution in [1.29, 1.82) is 0 Å². The lowest BCUT2D eigenvalue weighted by atomic mass is 10.0. The maximum absolute atomic E-state index is 12.1. The lowest BCUT2D eigenvalue weighted by Crippen LogP contribution is -2.58. The smallest absolute Gasteiger partial charge is 0.326 e. The molecule has 0 unspecified atom stereocenters. The molecule has 0 bridgehead atoms. The molecule has 138 valence electrons. The van der Waals surface area contributed by atoms with Gasteiger partial charge in [-0.2, -0.15) is 0 Å². The Bertz CT molecular complexity index is 480. The molecule has 0 rings (SSSR count). The van der Waals surface area contributed by atoms with Gasteiger partial charge in [-0.15, -0.1) is 0 Å². The van der Waals surface area contributed by atoms with E-state index in [0.717, 1.165) is 0 Å². The highest BCUT2D eigenvalue weighted by Crippen LogP contribution is 2.04. The Kier molecular flexibility index (Phi) is 8.93. The van der Waals surface area contributed by atoms with Crippen molar-refractivity contribution in [3.63, 3.8) is 0 Å². The summed E-state index contributed by atoms with van der Waals surface area (Å²) < 4.78 is 0. The first kappa shape index (κ1) is 21.8. The number of amides is 3. The fourth-order valence-electron chi connectivity index (χ4n) is 1.94. The van der Waals surface area contributed by atoms with Gasteiger partial charge in [-0.3, -0.25) is 14.4 Å². The van der Waals surface area contributed by atoms with Crippen LogP contribution >= 0.6 is 0 Å². The molecule has 10 heteroatoms. The Balaban J connectivity index is 4.97. The summed E-state index contributed by atoms with van der Waals surface area (Å²) in [5.74, 6) is -3.83. The zero-order valence-corrected chi connectivity index (χ0v) is 14.0. The summed E-state index contributed by atoms with van der Waals surface area (Å²) in [6, 6.07) is -3.84. The number of carboxylic acids is 1. The van der Waals surface area contributed by atoms with E-state index < -0.39 is 54.3 Å². The average molecular weight is 346 g/mol. The van der Waals surface area contributed by atoms with Crippen LogP contribution in [0.25, 0.3) is 0 Å². The van der Waals surface area contributed by atoms with Gasteiger partial charge >= 0.3 is 5.97 Å². The number of nitrogens with two attached hydrogens (primary N) is 2. The van der Waals surface area contributed by atoms with E-state index in [0.29, 0.717) is 6.42 Å². The largest absolute Gasteiger partial charge is 0.480 e. The summed E-state index contributed by atoms with van der Waals surface area (Å²) in [7, 11) is 0. The third-order valence-corrected chi connectivity index (χ3v) is 3.14. The number of carbonyl (C=O) groups is 4. The van der Waals surface area contributed by atoms with Gasteiger partial charge in [0.1, 0.15) is 12.1 Å². The summed E-state index contributed by atoms with van der Waals surface area (Å²) in [6.45, 7) is 4.99. The molecule has 24 heavy (non-hydrogen) atoms. The number of carboxylic acid groups (broad SMARTS) is 1. The van der Waals surface area contributed by atoms with Crippen molar-refractivity contribution in [3.8, 4) is 0 Å². The highest BCUT2D eigenvalue weighted by atomic mass is 16.4. The van der Waals surface area contributed by atoms with Crippen LogP contribution in [0.5, 0.6) is 0 Å². The topological polar surface area (TPSA) is 185 Å². The lowest BCUT2D eigenvalue weighted by Gasteiger charge is -2.24. The SMILES string of the molecule is CC(C)C[C@H](N)C(=O)N[C@H](C(=O)N[C@@H](CC(N)=O)C(=O)O)[C@@H](C)O. The van der Waals surface area contributed by atoms with Crippen LogP contribution in [-0.4, -0.2) is 58.1 Å². The molecule has 0 spiro atoms. The van der Waals surface area contributed by atoms with Gasteiger partial charge in [-0.05, 0) is 19.3 Å². The van der Waals surface area contributed by atoms with Crippen molar-refractivity contribution in [2.45, 2.75) is 57.8 Å². The van der Waals surface area contributed by atoms with Crippen LogP contribution in [0.3, 0.4) is 0 Å². The number of carbonyl (C=O) groups excluding carboxylic acids is 3. The number of nitrogens with one attached hydrogen (secondary N) is 2. The van der Waals surface area contributed by atoms with Gasteiger partial charge in [0.2, 0.25) is 17.7 Å². The molecule has 0 aliphatic rings. The van der Waals surface area contributed by atoms with E-state index in [9.17, 15) is 24.3 Å². The zero-order valence-electron chi connectivity index (χ0n) is 14.0. The predicted molar refractivity (Wildman–Crippen MR) is 84.4 cm³/mol. The molecule has 0 aromatic rings. The third-order valence-electron chi connectivity index (χ3n) is 3.14. The molecule has 0 aliphatic carbocycles. The quantitative estimate of drug-likeness (QED) is 0.256. The summed E-state index contributed by atoms with van der Waals surface area (Å²) >= 11 is 0. The summed E-state index contributed by atoms with van der Waals surface area (Å²) in [5.41, 5.74) is 10.6. The van der Waals surface area contributed by atoms with Crippen LogP contribution < -0.4 is 22.1 Å². The molecule has 0 saturated heterocycles. The fourth-order valence-corrected chi connectivity index (χ4v) is 1.94. The van der Waals surface area contributed by atoms with Crippen LogP contribution in [0, 0.1) is 5.92 Å². The summed E-state index contributed by atoms with van der Waals surface area (Å²) in [6.07, 6.45) is -1.54. The van der Waals surface area contributed by atoms with Gasteiger partial charge in [0.15, 0.2) is 0 Å². The molecule has 10 nitrogen and oxygen atoms in total. The molecule has 0 fully saturated rings. The molecular weight excluding hydrogens is 320 g/mol. The maximum atomic E-state index is 12.1. The summed E-state index contributed by atoms with van der Waals surface area (Å²) in [5, 5.41) is 23.0. The van der Waals surface area contributed by atoms with Crippen molar-refractivity contribution in [2.75, 3.05) is 0 Å². The third kappa shape index (κ3) is 7.88. The highest BCUT2D eigenvalue weighted by molar-refractivity contribution is 5.93. The Morgan fingerprint density at radius 2 is 1.58 bits per heavy atom. The van der Waals surface area contributed by atoms with Crippen molar-refractivity contribution in [3.05, 3.63) is 0 Å². The fraction of sp³-hybridized carbons (Fsp3) is 0.714. The molecule has 0 radical (unpaired) electrons. The number of aliphatic hydroxyl groups excluding tert-OH is 1. The van der Waals surface area contributed by atoms with Crippen LogP contribution in [0.1, 0.15) is 33.6 Å². The standard InChI is InChI=1S/C14H26N4O6/c1-6(2)4-8(15)12(21)18-11(7(3)19)13(22)17-9(14(23)24)5-10(16)20/h6-9,11,19H,4-5,15H2,1-3H3,(H2,16,20)(H,17,22)(H,18,21)(H,23,24)/t7-,8+,9+,11+/m1/s1. The van der Waals surface area contributed by atoms with Crippen LogP contribution in [0.15, 0.2) is 0 Å². The van der Waals surface area contributed by atoms with Crippen molar-refractivity contribution in [1.82, 2.24) is 10.6 Å². The zero-order chi connectivity index (χ0) is 19.0. The molecule has 3 amide bonds. The van der Waals surface area contributed by atoms with E-state index in [1.807, 2.05) is 13.8 Å². The molecule has 4 atom stereocenters. The first-order valence-electron chi connectivity index (χ1n) is 7.51. The lowest BCUT2D eigenvalue weighted by molar-refractivity contribution is -0.144. The van der Waals surface area contributed by atoms with Gasteiger partial charge in [-0.1, -0.05) is 13.8 Å². The second-order valence-corrected chi connectivity index (χ2v) is 6.03. The van der Waals surface area contributed by atoms with Gasteiger partial charge in [0.05, 0.1) is 18.6 Å². The summed E-state index contributed by atoms with van der Waals surface area (Å²) in [4.78, 5) is 46.0. The van der Waals surface area contributed by atoms with E-state index in [1.54, 1.807) is 0 Å². The van der Waals surface area contributed by atoms with Crippen LogP contribution in [0.4, 0.5) is 0 Å². The van der Waals surface area contributed by atoms with Gasteiger partial charge < -0.3 is 32.3 Å². The molecule has 0 aliphatic heterocycles. The number of primary amides is 1. The minimum atomic E-state index is -1.56. The Morgan fingerprint density at radius 3 is 1.96 bits per heavy atom. The number of rotatable bonds is 10.